The zero-order chi connectivity index (χ0) is 15.8. The Morgan fingerprint density at radius 2 is 2.18 bits per heavy atom. The van der Waals surface area contributed by atoms with Gasteiger partial charge in [-0.15, -0.1) is 11.8 Å². The Balaban J connectivity index is 1.94. The van der Waals surface area contributed by atoms with E-state index < -0.39 is 16.6 Å². The van der Waals surface area contributed by atoms with Crippen LogP contribution in [0.2, 0.25) is 0 Å². The molecule has 1 aromatic carbocycles. The van der Waals surface area contributed by atoms with Gasteiger partial charge in [-0.3, -0.25) is 10.1 Å². The molecule has 1 aliphatic heterocycles. The van der Waals surface area contributed by atoms with Gasteiger partial charge in [-0.2, -0.15) is 0 Å². The number of thioether (sulfide) groups is 1. The molecular weight excluding hydrogens is 304 g/mol. The minimum atomic E-state index is -0.917. The lowest BCUT2D eigenvalue weighted by atomic mass is 10.2. The molecule has 0 aliphatic carbocycles. The van der Waals surface area contributed by atoms with Gasteiger partial charge >= 0.3 is 11.7 Å². The van der Waals surface area contributed by atoms with Gasteiger partial charge in [0, 0.05) is 12.3 Å². The summed E-state index contributed by atoms with van der Waals surface area (Å²) in [4.78, 5) is 22.3. The number of nitro groups is 1. The van der Waals surface area contributed by atoms with Crippen molar-refractivity contribution >= 4 is 23.8 Å². The summed E-state index contributed by atoms with van der Waals surface area (Å²) in [5, 5.41) is 14.2. The molecule has 1 N–H and O–H groups in total. The average molecular weight is 320 g/mol. The molecule has 0 spiro atoms. The number of carbonyl (C=O) groups is 1. The number of rotatable bonds is 5. The van der Waals surface area contributed by atoms with Crippen molar-refractivity contribution in [2.75, 3.05) is 18.9 Å². The fraction of sp³-hybridized carbons (Fsp3) is 0.267. The summed E-state index contributed by atoms with van der Waals surface area (Å²) < 4.78 is 4.96. The molecular formula is C15H16N2O4S. The maximum atomic E-state index is 11.9. The SMILES string of the molecule is O=C(OC/C=C/c1ccccc1)/C(=C1\NCCCS1)[N+](=O)[O-]. The molecule has 0 saturated carbocycles. The lowest BCUT2D eigenvalue weighted by Gasteiger charge is -2.15. The molecule has 0 unspecified atom stereocenters. The molecule has 0 aromatic heterocycles. The Hall–Kier alpha value is -2.28. The predicted molar refractivity (Wildman–Crippen MR) is 85.5 cm³/mol. The van der Waals surface area contributed by atoms with Gasteiger partial charge in [0.1, 0.15) is 6.61 Å². The van der Waals surface area contributed by atoms with Crippen molar-refractivity contribution in [3.63, 3.8) is 0 Å². The second-order valence-corrected chi connectivity index (χ2v) is 5.58. The Morgan fingerprint density at radius 1 is 1.41 bits per heavy atom. The van der Waals surface area contributed by atoms with E-state index in [1.54, 1.807) is 12.2 Å². The number of ether oxygens (including phenoxy) is 1. The second-order valence-electron chi connectivity index (χ2n) is 4.48. The summed E-state index contributed by atoms with van der Waals surface area (Å²) in [6.45, 7) is 0.615. The van der Waals surface area contributed by atoms with Crippen LogP contribution in [-0.2, 0) is 9.53 Å². The molecule has 0 amide bonds. The lowest BCUT2D eigenvalue weighted by molar-refractivity contribution is -0.422. The molecule has 1 aromatic rings. The first kappa shape index (κ1) is 16.1. The van der Waals surface area contributed by atoms with E-state index in [-0.39, 0.29) is 11.6 Å². The third-order valence-corrected chi connectivity index (χ3v) is 3.98. The Labute approximate surface area is 132 Å². The van der Waals surface area contributed by atoms with E-state index >= 15 is 0 Å². The monoisotopic (exact) mass is 320 g/mol. The van der Waals surface area contributed by atoms with Crippen molar-refractivity contribution in [3.8, 4) is 0 Å². The first-order valence-corrected chi connectivity index (χ1v) is 7.81. The van der Waals surface area contributed by atoms with Gasteiger partial charge < -0.3 is 10.1 Å². The number of carbonyl (C=O) groups excluding carboxylic acids is 1. The average Bonchev–Trinajstić information content (AvgIpc) is 2.53. The Bertz CT molecular complexity index is 591. The van der Waals surface area contributed by atoms with Crippen LogP contribution >= 0.6 is 11.8 Å². The van der Waals surface area contributed by atoms with Gasteiger partial charge in [0.15, 0.2) is 5.03 Å². The van der Waals surface area contributed by atoms with Crippen LogP contribution in [0.4, 0.5) is 0 Å². The van der Waals surface area contributed by atoms with Crippen LogP contribution in [0.5, 0.6) is 0 Å². The van der Waals surface area contributed by atoms with Crippen molar-refractivity contribution in [1.29, 1.82) is 0 Å². The van der Waals surface area contributed by atoms with E-state index in [0.717, 1.165) is 17.7 Å². The highest BCUT2D eigenvalue weighted by molar-refractivity contribution is 8.03. The number of hydrogen-bond acceptors (Lipinski definition) is 6. The van der Waals surface area contributed by atoms with Crippen molar-refractivity contribution in [3.05, 3.63) is 62.8 Å². The lowest BCUT2D eigenvalue weighted by Crippen LogP contribution is -2.26. The molecule has 1 heterocycles. The number of benzene rings is 1. The van der Waals surface area contributed by atoms with Crippen LogP contribution in [0.25, 0.3) is 6.08 Å². The minimum absolute atomic E-state index is 0.0109. The van der Waals surface area contributed by atoms with Crippen LogP contribution in [0, 0.1) is 10.1 Å². The summed E-state index contributed by atoms with van der Waals surface area (Å²) >= 11 is 1.27. The molecule has 0 atom stereocenters. The summed E-state index contributed by atoms with van der Waals surface area (Å²) in [6, 6.07) is 9.51. The second kappa shape index (κ2) is 8.23. The van der Waals surface area contributed by atoms with Crippen molar-refractivity contribution < 1.29 is 14.5 Å². The molecule has 1 fully saturated rings. The Kier molecular flexibility index (Phi) is 6.02. The molecule has 2 rings (SSSR count). The quantitative estimate of drug-likeness (QED) is 0.388. The van der Waals surface area contributed by atoms with Gasteiger partial charge in [-0.1, -0.05) is 36.4 Å². The van der Waals surface area contributed by atoms with Crippen LogP contribution in [0.1, 0.15) is 12.0 Å². The first-order chi connectivity index (χ1) is 10.7. The summed E-state index contributed by atoms with van der Waals surface area (Å²) in [6.07, 6.45) is 4.35. The number of nitrogens with zero attached hydrogens (tertiary/aromatic N) is 1. The van der Waals surface area contributed by atoms with Gasteiger partial charge in [0.05, 0.1) is 4.92 Å². The standard InChI is InChI=1S/C15H16N2O4S/c18-15(13(17(19)20)14-16-9-5-11-22-14)21-10-4-8-12-6-2-1-3-7-12/h1-4,6-8,16H,5,9-11H2/b8-4+,14-13-. The third-order valence-electron chi connectivity index (χ3n) is 2.86. The predicted octanol–water partition coefficient (Wildman–Crippen LogP) is 2.42. The molecule has 1 aliphatic rings. The minimum Gasteiger partial charge on any atom is -0.453 e. The molecule has 6 nitrogen and oxygen atoms in total. The molecule has 1 saturated heterocycles. The van der Waals surface area contributed by atoms with Gasteiger partial charge in [0.2, 0.25) is 0 Å². The number of hydrogen-bond donors (Lipinski definition) is 1. The molecule has 7 heteroatoms. The fourth-order valence-electron chi connectivity index (χ4n) is 1.84. The van der Waals surface area contributed by atoms with Gasteiger partial charge in [-0.25, -0.2) is 4.79 Å². The fourth-order valence-corrected chi connectivity index (χ4v) is 2.83. The highest BCUT2D eigenvalue weighted by Gasteiger charge is 2.30. The van der Waals surface area contributed by atoms with Crippen LogP contribution in [0.3, 0.4) is 0 Å². The maximum absolute atomic E-state index is 11.9. The topological polar surface area (TPSA) is 81.5 Å². The summed E-state index contributed by atoms with van der Waals surface area (Å²) in [5.41, 5.74) is 0.453. The summed E-state index contributed by atoms with van der Waals surface area (Å²) in [7, 11) is 0. The molecule has 116 valence electrons. The highest BCUT2D eigenvalue weighted by atomic mass is 32.2. The van der Waals surface area contributed by atoms with Crippen molar-refractivity contribution in [2.24, 2.45) is 0 Å². The first-order valence-electron chi connectivity index (χ1n) is 6.82. The molecule has 22 heavy (non-hydrogen) atoms. The number of nitrogens with one attached hydrogen (secondary N) is 1. The van der Waals surface area contributed by atoms with Crippen LogP contribution < -0.4 is 5.32 Å². The Morgan fingerprint density at radius 3 is 2.82 bits per heavy atom. The van der Waals surface area contributed by atoms with E-state index in [9.17, 15) is 14.9 Å². The van der Waals surface area contributed by atoms with E-state index in [0.29, 0.717) is 6.54 Å². The van der Waals surface area contributed by atoms with E-state index in [2.05, 4.69) is 5.32 Å². The normalized spacial score (nSPS) is 16.9. The van der Waals surface area contributed by atoms with Gasteiger partial charge in [0.25, 0.3) is 0 Å². The van der Waals surface area contributed by atoms with E-state index in [1.165, 1.54) is 11.8 Å². The molecule has 0 bridgehead atoms. The van der Waals surface area contributed by atoms with Gasteiger partial charge in [-0.05, 0) is 18.1 Å². The number of esters is 1. The van der Waals surface area contributed by atoms with Crippen LogP contribution in [0.15, 0.2) is 47.1 Å². The zero-order valence-electron chi connectivity index (χ0n) is 11.9. The smallest absolute Gasteiger partial charge is 0.413 e. The largest absolute Gasteiger partial charge is 0.453 e. The van der Waals surface area contributed by atoms with Crippen molar-refractivity contribution in [1.82, 2.24) is 5.32 Å². The summed E-state index contributed by atoms with van der Waals surface area (Å²) in [5.74, 6) is -0.166. The molecule has 0 radical (unpaired) electrons. The van der Waals surface area contributed by atoms with E-state index in [4.69, 9.17) is 4.74 Å². The maximum Gasteiger partial charge on any atom is 0.413 e. The van der Waals surface area contributed by atoms with Crippen molar-refractivity contribution in [2.45, 2.75) is 6.42 Å². The van der Waals surface area contributed by atoms with Crippen LogP contribution in [-0.4, -0.2) is 29.8 Å². The highest BCUT2D eigenvalue weighted by Crippen LogP contribution is 2.22. The zero-order valence-corrected chi connectivity index (χ0v) is 12.7. The van der Waals surface area contributed by atoms with E-state index in [1.807, 2.05) is 30.3 Å². The third kappa shape index (κ3) is 4.63.